The summed E-state index contributed by atoms with van der Waals surface area (Å²) in [4.78, 5) is 0. The monoisotopic (exact) mass is 323 g/mol. The van der Waals surface area contributed by atoms with E-state index in [-0.39, 0.29) is 6.29 Å². The molecule has 0 amide bonds. The summed E-state index contributed by atoms with van der Waals surface area (Å²) in [5, 5.41) is 3.61. The molecular weight excluding hydrogens is 294 g/mol. The highest BCUT2D eigenvalue weighted by Gasteiger charge is 2.33. The van der Waals surface area contributed by atoms with Gasteiger partial charge in [-0.2, -0.15) is 0 Å². The molecule has 1 aromatic carbocycles. The highest BCUT2D eigenvalue weighted by molar-refractivity contribution is 5.44. The van der Waals surface area contributed by atoms with Crippen LogP contribution in [0.1, 0.15) is 38.3 Å². The van der Waals surface area contributed by atoms with Crippen molar-refractivity contribution in [2.45, 2.75) is 39.0 Å². The largest absolute Gasteiger partial charge is 0.493 e. The molecule has 1 aliphatic carbocycles. The minimum absolute atomic E-state index is 0.202. The summed E-state index contributed by atoms with van der Waals surface area (Å²) in [7, 11) is 3.32. The Morgan fingerprint density at radius 1 is 1.04 bits per heavy atom. The maximum Gasteiger partial charge on any atom is 0.169 e. The van der Waals surface area contributed by atoms with Crippen molar-refractivity contribution in [1.29, 1.82) is 0 Å². The van der Waals surface area contributed by atoms with Crippen LogP contribution in [0.15, 0.2) is 18.2 Å². The lowest BCUT2D eigenvalue weighted by Gasteiger charge is -2.24. The molecule has 1 saturated carbocycles. The van der Waals surface area contributed by atoms with Gasteiger partial charge in [0.05, 0.1) is 14.2 Å². The number of hydrogen-bond acceptors (Lipinski definition) is 5. The molecule has 0 bridgehead atoms. The topological polar surface area (TPSA) is 49.0 Å². The van der Waals surface area contributed by atoms with E-state index in [0.29, 0.717) is 31.7 Å². The van der Waals surface area contributed by atoms with E-state index in [2.05, 4.69) is 17.4 Å². The van der Waals surface area contributed by atoms with E-state index >= 15 is 0 Å². The van der Waals surface area contributed by atoms with Crippen molar-refractivity contribution in [2.24, 2.45) is 5.92 Å². The summed E-state index contributed by atoms with van der Waals surface area (Å²) in [5.74, 6) is 2.19. The predicted molar refractivity (Wildman–Crippen MR) is 90.1 cm³/mol. The Balaban J connectivity index is 2.06. The van der Waals surface area contributed by atoms with Crippen molar-refractivity contribution in [3.05, 3.63) is 23.8 Å². The van der Waals surface area contributed by atoms with Crippen molar-refractivity contribution in [3.8, 4) is 11.5 Å². The van der Waals surface area contributed by atoms with Crippen LogP contribution < -0.4 is 14.8 Å². The van der Waals surface area contributed by atoms with Gasteiger partial charge in [0.25, 0.3) is 0 Å². The van der Waals surface area contributed by atoms with Gasteiger partial charge >= 0.3 is 0 Å². The van der Waals surface area contributed by atoms with Crippen molar-refractivity contribution >= 4 is 0 Å². The molecule has 0 aromatic heterocycles. The summed E-state index contributed by atoms with van der Waals surface area (Å²) in [6.45, 7) is 5.95. The number of hydrogen-bond donors (Lipinski definition) is 1. The minimum Gasteiger partial charge on any atom is -0.493 e. The van der Waals surface area contributed by atoms with Gasteiger partial charge in [-0.3, -0.25) is 0 Å². The maximum atomic E-state index is 5.62. The van der Waals surface area contributed by atoms with Crippen LogP contribution in [0.2, 0.25) is 0 Å². The Hall–Kier alpha value is -1.30. The quantitative estimate of drug-likeness (QED) is 0.634. The normalized spacial score (nSPS) is 15.7. The third-order valence-corrected chi connectivity index (χ3v) is 4.07. The molecule has 0 aliphatic heterocycles. The van der Waals surface area contributed by atoms with Gasteiger partial charge in [0, 0.05) is 25.8 Å². The predicted octanol–water partition coefficient (Wildman–Crippen LogP) is 3.14. The number of benzene rings is 1. The molecule has 5 nitrogen and oxygen atoms in total. The lowest BCUT2D eigenvalue weighted by atomic mass is 10.0. The number of nitrogens with one attached hydrogen (secondary N) is 1. The van der Waals surface area contributed by atoms with Gasteiger partial charge in [0.1, 0.15) is 0 Å². The Labute approximate surface area is 139 Å². The first-order valence-corrected chi connectivity index (χ1v) is 8.41. The van der Waals surface area contributed by atoms with Gasteiger partial charge in [0.15, 0.2) is 17.8 Å². The lowest BCUT2D eigenvalue weighted by molar-refractivity contribution is -0.134. The molecule has 0 unspecified atom stereocenters. The van der Waals surface area contributed by atoms with Crippen molar-refractivity contribution in [1.82, 2.24) is 5.32 Å². The SMILES string of the molecule is CCOC(CN[C@@H](c1ccc(OC)c(OC)c1)C1CC1)OCC. The van der Waals surface area contributed by atoms with Gasteiger partial charge in [-0.25, -0.2) is 0 Å². The van der Waals surface area contributed by atoms with Crippen LogP contribution in [-0.2, 0) is 9.47 Å². The highest BCUT2D eigenvalue weighted by atomic mass is 16.7. The Bertz CT molecular complexity index is 470. The summed E-state index contributed by atoms with van der Waals surface area (Å²) < 4.78 is 22.0. The smallest absolute Gasteiger partial charge is 0.169 e. The fourth-order valence-corrected chi connectivity index (χ4v) is 2.79. The average molecular weight is 323 g/mol. The average Bonchev–Trinajstić information content (AvgIpc) is 3.40. The van der Waals surface area contributed by atoms with E-state index in [9.17, 15) is 0 Å². The fraction of sp³-hybridized carbons (Fsp3) is 0.667. The number of ether oxygens (including phenoxy) is 4. The van der Waals surface area contributed by atoms with E-state index in [1.165, 1.54) is 18.4 Å². The molecule has 1 N–H and O–H groups in total. The maximum absolute atomic E-state index is 5.62. The minimum atomic E-state index is -0.202. The van der Waals surface area contributed by atoms with E-state index in [0.717, 1.165) is 11.5 Å². The van der Waals surface area contributed by atoms with Gasteiger partial charge in [-0.05, 0) is 50.3 Å². The van der Waals surface area contributed by atoms with Gasteiger partial charge in [0.2, 0.25) is 0 Å². The first kappa shape index (κ1) is 18.0. The second kappa shape index (κ2) is 9.11. The first-order chi connectivity index (χ1) is 11.2. The molecule has 0 spiro atoms. The van der Waals surface area contributed by atoms with Gasteiger partial charge in [-0.1, -0.05) is 6.07 Å². The van der Waals surface area contributed by atoms with E-state index in [4.69, 9.17) is 18.9 Å². The molecule has 2 rings (SSSR count). The molecule has 1 aromatic rings. The third-order valence-electron chi connectivity index (χ3n) is 4.07. The number of rotatable bonds is 11. The summed E-state index contributed by atoms with van der Waals surface area (Å²) in [5.41, 5.74) is 1.22. The summed E-state index contributed by atoms with van der Waals surface area (Å²) >= 11 is 0. The molecule has 0 radical (unpaired) electrons. The second-order valence-corrected chi connectivity index (χ2v) is 5.68. The molecule has 0 heterocycles. The van der Waals surface area contributed by atoms with Crippen LogP contribution in [0.3, 0.4) is 0 Å². The second-order valence-electron chi connectivity index (χ2n) is 5.68. The van der Waals surface area contributed by atoms with Crippen LogP contribution >= 0.6 is 0 Å². The Kier molecular flexibility index (Phi) is 7.15. The Morgan fingerprint density at radius 3 is 2.22 bits per heavy atom. The van der Waals surface area contributed by atoms with Gasteiger partial charge in [-0.15, -0.1) is 0 Å². The molecular formula is C18H29NO4. The molecule has 0 saturated heterocycles. The van der Waals surface area contributed by atoms with Crippen LogP contribution in [0.25, 0.3) is 0 Å². The summed E-state index contributed by atoms with van der Waals surface area (Å²) in [6.07, 6.45) is 2.30. The first-order valence-electron chi connectivity index (χ1n) is 8.41. The van der Waals surface area contributed by atoms with Crippen LogP contribution in [0.4, 0.5) is 0 Å². The molecule has 130 valence electrons. The van der Waals surface area contributed by atoms with Crippen LogP contribution in [0.5, 0.6) is 11.5 Å². The van der Waals surface area contributed by atoms with Gasteiger partial charge < -0.3 is 24.3 Å². The molecule has 1 atom stereocenters. The zero-order chi connectivity index (χ0) is 16.7. The van der Waals surface area contributed by atoms with E-state index in [1.54, 1.807) is 14.2 Å². The molecule has 1 aliphatic rings. The van der Waals surface area contributed by atoms with Crippen molar-refractivity contribution in [2.75, 3.05) is 34.0 Å². The molecule has 1 fully saturated rings. The number of methoxy groups -OCH3 is 2. The third kappa shape index (κ3) is 5.09. The van der Waals surface area contributed by atoms with E-state index in [1.807, 2.05) is 19.9 Å². The Morgan fingerprint density at radius 2 is 1.70 bits per heavy atom. The van der Waals surface area contributed by atoms with Crippen molar-refractivity contribution < 1.29 is 18.9 Å². The zero-order valence-corrected chi connectivity index (χ0v) is 14.6. The van der Waals surface area contributed by atoms with Crippen LogP contribution in [-0.4, -0.2) is 40.3 Å². The van der Waals surface area contributed by atoms with Crippen molar-refractivity contribution in [3.63, 3.8) is 0 Å². The lowest BCUT2D eigenvalue weighted by Crippen LogP contribution is -2.34. The summed E-state index contributed by atoms with van der Waals surface area (Å²) in [6, 6.07) is 6.42. The van der Waals surface area contributed by atoms with Crippen LogP contribution in [0, 0.1) is 5.92 Å². The highest BCUT2D eigenvalue weighted by Crippen LogP contribution is 2.42. The molecule has 23 heavy (non-hydrogen) atoms. The fourth-order valence-electron chi connectivity index (χ4n) is 2.79. The zero-order valence-electron chi connectivity index (χ0n) is 14.6. The molecule has 5 heteroatoms. The standard InChI is InChI=1S/C18H29NO4/c1-5-22-17(23-6-2)12-19-18(13-7-8-13)14-9-10-15(20-3)16(11-14)21-4/h9-11,13,17-19H,5-8,12H2,1-4H3/t18-/m1/s1. The van der Waals surface area contributed by atoms with E-state index < -0.39 is 0 Å².